The molecule has 7 heteroatoms. The molecule has 1 aromatic rings. The van der Waals surface area contributed by atoms with Gasteiger partial charge in [0.05, 0.1) is 6.10 Å². The standard InChI is InChI=1S/C16H21F3N2O2/c1-10(2)23-12-7-5-6-11(8-12)14(16(17,18)19)21-15(3,4)9-13(22)20-21/h5-8,10,14H,9H2,1-4H3,(H,20,22). The first kappa shape index (κ1) is 17.6. The van der Waals surface area contributed by atoms with Crippen molar-refractivity contribution >= 4 is 5.91 Å². The molecule has 1 aromatic carbocycles. The van der Waals surface area contributed by atoms with Gasteiger partial charge in [0.2, 0.25) is 5.91 Å². The predicted octanol–water partition coefficient (Wildman–Crippen LogP) is 3.59. The Balaban J connectivity index is 2.43. The zero-order valence-corrected chi connectivity index (χ0v) is 13.6. The fourth-order valence-corrected chi connectivity index (χ4v) is 2.73. The molecule has 0 aromatic heterocycles. The molecule has 0 saturated carbocycles. The molecule has 0 radical (unpaired) electrons. The number of carbonyl (C=O) groups is 1. The van der Waals surface area contributed by atoms with E-state index in [-0.39, 0.29) is 18.1 Å². The van der Waals surface area contributed by atoms with E-state index in [4.69, 9.17) is 4.74 Å². The first-order valence-electron chi connectivity index (χ1n) is 7.43. The van der Waals surface area contributed by atoms with E-state index in [0.717, 1.165) is 5.01 Å². The minimum absolute atomic E-state index is 0.0156. The van der Waals surface area contributed by atoms with Crippen molar-refractivity contribution in [1.29, 1.82) is 0 Å². The summed E-state index contributed by atoms with van der Waals surface area (Å²) in [4.78, 5) is 11.6. The lowest BCUT2D eigenvalue weighted by atomic mass is 9.97. The van der Waals surface area contributed by atoms with E-state index >= 15 is 0 Å². The molecule has 1 fully saturated rings. The molecular formula is C16H21F3N2O2. The number of carbonyl (C=O) groups excluding carboxylic acids is 1. The molecule has 0 aliphatic carbocycles. The average Bonchev–Trinajstić information content (AvgIpc) is 2.60. The lowest BCUT2D eigenvalue weighted by Gasteiger charge is -2.38. The number of nitrogens with zero attached hydrogens (tertiary/aromatic N) is 1. The number of ether oxygens (including phenoxy) is 1. The fourth-order valence-electron chi connectivity index (χ4n) is 2.73. The SMILES string of the molecule is CC(C)Oc1cccc(C(N2NC(=O)CC2(C)C)C(F)(F)F)c1. The maximum atomic E-state index is 13.7. The monoisotopic (exact) mass is 330 g/mol. The van der Waals surface area contributed by atoms with Crippen LogP contribution >= 0.6 is 0 Å². The molecule has 0 spiro atoms. The van der Waals surface area contributed by atoms with Gasteiger partial charge in [-0.2, -0.15) is 18.2 Å². The summed E-state index contributed by atoms with van der Waals surface area (Å²) in [7, 11) is 0. The summed E-state index contributed by atoms with van der Waals surface area (Å²) >= 11 is 0. The van der Waals surface area contributed by atoms with Crippen LogP contribution in [0.2, 0.25) is 0 Å². The highest BCUT2D eigenvalue weighted by molar-refractivity contribution is 5.79. The molecule has 128 valence electrons. The van der Waals surface area contributed by atoms with Crippen molar-refractivity contribution in [3.05, 3.63) is 29.8 Å². The molecule has 1 amide bonds. The van der Waals surface area contributed by atoms with E-state index in [1.54, 1.807) is 33.8 Å². The number of hydrogen-bond acceptors (Lipinski definition) is 3. The zero-order valence-electron chi connectivity index (χ0n) is 13.6. The third kappa shape index (κ3) is 3.96. The Bertz CT molecular complexity index is 585. The van der Waals surface area contributed by atoms with E-state index in [9.17, 15) is 18.0 Å². The van der Waals surface area contributed by atoms with Gasteiger partial charge in [0.25, 0.3) is 0 Å². The second-order valence-corrected chi connectivity index (χ2v) is 6.58. The van der Waals surface area contributed by atoms with Gasteiger partial charge in [-0.05, 0) is 45.4 Å². The van der Waals surface area contributed by atoms with Crippen LogP contribution in [0.15, 0.2) is 24.3 Å². The Hall–Kier alpha value is -1.76. The van der Waals surface area contributed by atoms with Crippen molar-refractivity contribution in [1.82, 2.24) is 10.4 Å². The highest BCUT2D eigenvalue weighted by Crippen LogP contribution is 2.43. The van der Waals surface area contributed by atoms with Gasteiger partial charge in [-0.25, -0.2) is 0 Å². The molecule has 23 heavy (non-hydrogen) atoms. The Morgan fingerprint density at radius 3 is 2.43 bits per heavy atom. The smallest absolute Gasteiger partial charge is 0.409 e. The van der Waals surface area contributed by atoms with Crippen molar-refractivity contribution in [3.8, 4) is 5.75 Å². The van der Waals surface area contributed by atoms with Crippen molar-refractivity contribution in [2.45, 2.75) is 58.0 Å². The predicted molar refractivity (Wildman–Crippen MR) is 79.7 cm³/mol. The Labute approximate surface area is 133 Å². The van der Waals surface area contributed by atoms with E-state index < -0.39 is 23.7 Å². The number of alkyl halides is 3. The molecule has 1 N–H and O–H groups in total. The first-order valence-corrected chi connectivity index (χ1v) is 7.43. The van der Waals surface area contributed by atoms with Crippen molar-refractivity contribution < 1.29 is 22.7 Å². The second-order valence-electron chi connectivity index (χ2n) is 6.58. The van der Waals surface area contributed by atoms with Crippen LogP contribution in [0.4, 0.5) is 13.2 Å². The fraction of sp³-hybridized carbons (Fsp3) is 0.562. The number of benzene rings is 1. The maximum Gasteiger partial charge on any atom is 0.409 e. The van der Waals surface area contributed by atoms with Gasteiger partial charge in [-0.3, -0.25) is 10.2 Å². The summed E-state index contributed by atoms with van der Waals surface area (Å²) in [6.45, 7) is 6.83. The quantitative estimate of drug-likeness (QED) is 0.917. The summed E-state index contributed by atoms with van der Waals surface area (Å²) in [5.74, 6) is -0.0473. The van der Waals surface area contributed by atoms with E-state index in [1.807, 2.05) is 0 Å². The molecule has 4 nitrogen and oxygen atoms in total. The number of nitrogens with one attached hydrogen (secondary N) is 1. The van der Waals surface area contributed by atoms with Gasteiger partial charge in [0.15, 0.2) is 6.04 Å². The van der Waals surface area contributed by atoms with E-state index in [0.29, 0.717) is 5.75 Å². The molecule has 1 saturated heterocycles. The van der Waals surface area contributed by atoms with Gasteiger partial charge in [0, 0.05) is 12.0 Å². The molecule has 1 unspecified atom stereocenters. The third-order valence-electron chi connectivity index (χ3n) is 3.60. The summed E-state index contributed by atoms with van der Waals surface area (Å²) in [5, 5.41) is 0.990. The summed E-state index contributed by atoms with van der Waals surface area (Å²) in [6.07, 6.45) is -4.66. The van der Waals surface area contributed by atoms with E-state index in [2.05, 4.69) is 5.43 Å². The van der Waals surface area contributed by atoms with Gasteiger partial charge < -0.3 is 4.74 Å². The highest BCUT2D eigenvalue weighted by Gasteiger charge is 2.53. The largest absolute Gasteiger partial charge is 0.491 e. The van der Waals surface area contributed by atoms with Crippen LogP contribution < -0.4 is 10.2 Å². The second kappa shape index (κ2) is 6.03. The van der Waals surface area contributed by atoms with Gasteiger partial charge in [0.1, 0.15) is 5.75 Å². The lowest BCUT2D eigenvalue weighted by molar-refractivity contribution is -0.203. The molecular weight excluding hydrogens is 309 g/mol. The van der Waals surface area contributed by atoms with Crippen LogP contribution in [-0.4, -0.2) is 28.7 Å². The van der Waals surface area contributed by atoms with Gasteiger partial charge in [-0.15, -0.1) is 0 Å². The van der Waals surface area contributed by atoms with Crippen LogP contribution in [0.3, 0.4) is 0 Å². The molecule has 0 bridgehead atoms. The van der Waals surface area contributed by atoms with Crippen LogP contribution in [0.5, 0.6) is 5.75 Å². The third-order valence-corrected chi connectivity index (χ3v) is 3.60. The first-order chi connectivity index (χ1) is 10.5. The number of rotatable bonds is 4. The Kier molecular flexibility index (Phi) is 4.61. The number of hydrogen-bond donors (Lipinski definition) is 1. The minimum Gasteiger partial charge on any atom is -0.491 e. The lowest BCUT2D eigenvalue weighted by Crippen LogP contribution is -2.51. The molecule has 1 heterocycles. The van der Waals surface area contributed by atoms with Crippen LogP contribution in [0.25, 0.3) is 0 Å². The number of halogens is 3. The summed E-state index contributed by atoms with van der Waals surface area (Å²) < 4.78 is 46.5. The molecule has 2 rings (SSSR count). The minimum atomic E-state index is -4.54. The molecule has 1 aliphatic heterocycles. The van der Waals surface area contributed by atoms with Crippen LogP contribution in [0.1, 0.15) is 45.7 Å². The zero-order chi connectivity index (χ0) is 17.4. The van der Waals surface area contributed by atoms with Crippen molar-refractivity contribution in [2.75, 3.05) is 0 Å². The van der Waals surface area contributed by atoms with Crippen LogP contribution in [-0.2, 0) is 4.79 Å². The topological polar surface area (TPSA) is 41.6 Å². The Morgan fingerprint density at radius 2 is 1.96 bits per heavy atom. The number of amides is 1. The van der Waals surface area contributed by atoms with Crippen molar-refractivity contribution in [2.24, 2.45) is 0 Å². The molecule has 1 atom stereocenters. The molecule has 1 aliphatic rings. The van der Waals surface area contributed by atoms with E-state index in [1.165, 1.54) is 18.2 Å². The summed E-state index contributed by atoms with van der Waals surface area (Å²) in [6, 6.07) is 3.98. The van der Waals surface area contributed by atoms with Gasteiger partial charge in [-0.1, -0.05) is 12.1 Å². The van der Waals surface area contributed by atoms with Crippen LogP contribution in [0, 0.1) is 0 Å². The maximum absolute atomic E-state index is 13.7. The van der Waals surface area contributed by atoms with Crippen molar-refractivity contribution in [3.63, 3.8) is 0 Å². The number of hydrazine groups is 1. The average molecular weight is 330 g/mol. The highest BCUT2D eigenvalue weighted by atomic mass is 19.4. The normalized spacial score (nSPS) is 19.7. The van der Waals surface area contributed by atoms with Gasteiger partial charge >= 0.3 is 6.18 Å². The Morgan fingerprint density at radius 1 is 1.30 bits per heavy atom. The summed E-state index contributed by atoms with van der Waals surface area (Å²) in [5.41, 5.74) is 1.44.